The maximum atomic E-state index is 13.6. The van der Waals surface area contributed by atoms with Gasteiger partial charge in [-0.05, 0) is 148 Å². The molecule has 6 saturated carbocycles. The van der Waals surface area contributed by atoms with Crippen LogP contribution in [0.15, 0.2) is 0 Å². The van der Waals surface area contributed by atoms with Crippen molar-refractivity contribution in [2.45, 2.75) is 170 Å². The SMILES string of the molecule is CC(O)C(CCN[C@]12CC[C@@H](C(C)C)[C@@H]1[C@H]1CC[C@@H]3[C@@]4(C)CC[C@H](OC(=O)[C@@H]5C[C@H](C(=O)O)C5(C)C)C(C)(C)[C@@H]4CC[C@@]3(C)[C@]1(C)CC2)N1CCS(=O)(=O)CC1. The van der Waals surface area contributed by atoms with E-state index in [-0.39, 0.29) is 62.7 Å². The molecule has 14 atom stereocenters. The number of carbonyl (C=O) groups excluding carboxylic acids is 1. The molecule has 1 saturated heterocycles. The number of fused-ring (bicyclic) bond motifs is 7. The van der Waals surface area contributed by atoms with Gasteiger partial charge in [0, 0.05) is 30.1 Å². The Balaban J connectivity index is 1.07. The van der Waals surface area contributed by atoms with E-state index in [1.165, 1.54) is 44.9 Å². The summed E-state index contributed by atoms with van der Waals surface area (Å²) < 4.78 is 30.8. The number of nitrogens with zero attached hydrogens (tertiary/aromatic N) is 1. The monoisotopic (exact) mass is 803 g/mol. The Morgan fingerprint density at radius 3 is 2.09 bits per heavy atom. The fourth-order valence-corrected chi connectivity index (χ4v) is 17.3. The molecule has 0 bridgehead atoms. The van der Waals surface area contributed by atoms with Gasteiger partial charge in [0.15, 0.2) is 9.84 Å². The molecule has 56 heavy (non-hydrogen) atoms. The first-order chi connectivity index (χ1) is 26.0. The van der Waals surface area contributed by atoms with Gasteiger partial charge in [-0.25, -0.2) is 8.42 Å². The fourth-order valence-electron chi connectivity index (χ4n) is 16.1. The number of ether oxygens (including phenoxy) is 1. The molecule has 0 aromatic carbocycles. The average Bonchev–Trinajstić information content (AvgIpc) is 3.48. The minimum atomic E-state index is -2.98. The average molecular weight is 803 g/mol. The van der Waals surface area contributed by atoms with Crippen molar-refractivity contribution in [2.75, 3.05) is 31.1 Å². The topological polar surface area (TPSA) is 133 Å². The van der Waals surface area contributed by atoms with Gasteiger partial charge < -0.3 is 20.3 Å². The van der Waals surface area contributed by atoms with Crippen molar-refractivity contribution in [2.24, 2.45) is 74.4 Å². The molecule has 2 unspecified atom stereocenters. The number of hydrogen-bond acceptors (Lipinski definition) is 8. The third kappa shape index (κ3) is 6.57. The van der Waals surface area contributed by atoms with Crippen LogP contribution >= 0.6 is 0 Å². The summed E-state index contributed by atoms with van der Waals surface area (Å²) in [5.74, 6) is 2.20. The highest BCUT2D eigenvalue weighted by Crippen LogP contribution is 2.76. The molecular formula is C46H78N2O7S. The van der Waals surface area contributed by atoms with Crippen molar-refractivity contribution in [3.05, 3.63) is 0 Å². The Morgan fingerprint density at radius 2 is 1.48 bits per heavy atom. The van der Waals surface area contributed by atoms with Crippen molar-refractivity contribution in [3.8, 4) is 0 Å². The van der Waals surface area contributed by atoms with Crippen LogP contribution in [-0.2, 0) is 24.2 Å². The van der Waals surface area contributed by atoms with Crippen LogP contribution in [0.3, 0.4) is 0 Å². The van der Waals surface area contributed by atoms with Gasteiger partial charge in [0.1, 0.15) is 6.10 Å². The molecule has 0 radical (unpaired) electrons. The lowest BCUT2D eigenvalue weighted by Crippen LogP contribution is -2.69. The molecule has 0 spiro atoms. The Hall–Kier alpha value is -1.23. The summed E-state index contributed by atoms with van der Waals surface area (Å²) in [6.45, 7) is 25.2. The molecule has 7 fully saturated rings. The van der Waals surface area contributed by atoms with Gasteiger partial charge in [-0.1, -0.05) is 62.3 Å². The van der Waals surface area contributed by atoms with Gasteiger partial charge in [0.05, 0.1) is 29.4 Å². The first-order valence-corrected chi connectivity index (χ1v) is 24.6. The molecule has 7 aliphatic rings. The Kier molecular flexibility index (Phi) is 11.1. The number of aliphatic hydroxyl groups is 1. The Morgan fingerprint density at radius 1 is 0.804 bits per heavy atom. The predicted molar refractivity (Wildman–Crippen MR) is 221 cm³/mol. The van der Waals surface area contributed by atoms with Gasteiger partial charge in [0.2, 0.25) is 0 Å². The van der Waals surface area contributed by atoms with Gasteiger partial charge in [0.25, 0.3) is 0 Å². The third-order valence-electron chi connectivity index (χ3n) is 19.7. The van der Waals surface area contributed by atoms with Gasteiger partial charge >= 0.3 is 11.9 Å². The second kappa shape index (κ2) is 14.5. The number of sulfone groups is 1. The zero-order valence-electron chi connectivity index (χ0n) is 36.7. The molecule has 1 heterocycles. The highest BCUT2D eigenvalue weighted by molar-refractivity contribution is 7.91. The lowest BCUT2D eigenvalue weighted by atomic mass is 9.32. The smallest absolute Gasteiger partial charge is 0.309 e. The van der Waals surface area contributed by atoms with E-state index in [4.69, 9.17) is 4.74 Å². The molecule has 10 heteroatoms. The van der Waals surface area contributed by atoms with Crippen LogP contribution in [0.2, 0.25) is 0 Å². The molecule has 0 amide bonds. The molecular weight excluding hydrogens is 725 g/mol. The zero-order chi connectivity index (χ0) is 41.0. The van der Waals surface area contributed by atoms with E-state index in [1.807, 2.05) is 20.8 Å². The van der Waals surface area contributed by atoms with E-state index in [0.717, 1.165) is 32.2 Å². The Bertz CT molecular complexity index is 1610. The summed E-state index contributed by atoms with van der Waals surface area (Å²) in [5.41, 5.74) is 0.00279. The first kappa shape index (κ1) is 42.9. The molecule has 7 rings (SSSR count). The van der Waals surface area contributed by atoms with Gasteiger partial charge in [-0.2, -0.15) is 0 Å². The lowest BCUT2D eigenvalue weighted by molar-refractivity contribution is -0.249. The molecule has 0 aromatic rings. The largest absolute Gasteiger partial charge is 0.481 e. The summed E-state index contributed by atoms with van der Waals surface area (Å²) in [4.78, 5) is 27.7. The second-order valence-electron chi connectivity index (χ2n) is 22.8. The van der Waals surface area contributed by atoms with Crippen molar-refractivity contribution >= 4 is 21.8 Å². The zero-order valence-corrected chi connectivity index (χ0v) is 37.5. The summed E-state index contributed by atoms with van der Waals surface area (Å²) >= 11 is 0. The third-order valence-corrected chi connectivity index (χ3v) is 21.3. The lowest BCUT2D eigenvalue weighted by Gasteiger charge is -2.73. The summed E-state index contributed by atoms with van der Waals surface area (Å²) in [5, 5.41) is 24.8. The number of esters is 1. The number of nitrogens with one attached hydrogen (secondary N) is 1. The van der Waals surface area contributed by atoms with Crippen LogP contribution in [0.5, 0.6) is 0 Å². The Labute approximate surface area is 339 Å². The second-order valence-corrected chi connectivity index (χ2v) is 25.1. The molecule has 6 aliphatic carbocycles. The minimum absolute atomic E-state index is 0.0357. The van der Waals surface area contributed by atoms with Gasteiger partial charge in [-0.15, -0.1) is 0 Å². The van der Waals surface area contributed by atoms with Crippen molar-refractivity contribution in [1.29, 1.82) is 0 Å². The summed E-state index contributed by atoms with van der Waals surface area (Å²) in [6, 6.07) is -0.0357. The van der Waals surface area contributed by atoms with Crippen molar-refractivity contribution < 1.29 is 33.0 Å². The fraction of sp³-hybridized carbons (Fsp3) is 0.957. The van der Waals surface area contributed by atoms with Crippen LogP contribution in [0.4, 0.5) is 0 Å². The predicted octanol–water partition coefficient (Wildman–Crippen LogP) is 7.59. The van der Waals surface area contributed by atoms with E-state index < -0.39 is 33.2 Å². The van der Waals surface area contributed by atoms with Crippen LogP contribution in [0.25, 0.3) is 0 Å². The van der Waals surface area contributed by atoms with E-state index in [1.54, 1.807) is 0 Å². The maximum Gasteiger partial charge on any atom is 0.309 e. The number of hydrogen-bond donors (Lipinski definition) is 3. The number of carbonyl (C=O) groups is 2. The number of rotatable bonds is 10. The van der Waals surface area contributed by atoms with E-state index in [0.29, 0.717) is 55.0 Å². The molecule has 0 aromatic heterocycles. The van der Waals surface area contributed by atoms with Crippen LogP contribution < -0.4 is 5.32 Å². The summed E-state index contributed by atoms with van der Waals surface area (Å²) in [6.07, 6.45) is 12.3. The van der Waals surface area contributed by atoms with E-state index >= 15 is 0 Å². The molecule has 1 aliphatic heterocycles. The number of carboxylic acids is 1. The number of aliphatic carboxylic acids is 1. The van der Waals surface area contributed by atoms with E-state index in [9.17, 15) is 28.2 Å². The van der Waals surface area contributed by atoms with Crippen LogP contribution in [-0.4, -0.2) is 90.4 Å². The van der Waals surface area contributed by atoms with Crippen molar-refractivity contribution in [3.63, 3.8) is 0 Å². The highest BCUT2D eigenvalue weighted by Gasteiger charge is 2.71. The molecule has 320 valence electrons. The maximum absolute atomic E-state index is 13.6. The minimum Gasteiger partial charge on any atom is -0.481 e. The van der Waals surface area contributed by atoms with Crippen LogP contribution in [0, 0.1) is 74.4 Å². The van der Waals surface area contributed by atoms with Crippen molar-refractivity contribution in [1.82, 2.24) is 10.2 Å². The summed E-state index contributed by atoms with van der Waals surface area (Å²) in [7, 11) is -2.98. The van der Waals surface area contributed by atoms with Crippen LogP contribution in [0.1, 0.15) is 146 Å². The van der Waals surface area contributed by atoms with E-state index in [2.05, 4.69) is 58.7 Å². The first-order valence-electron chi connectivity index (χ1n) is 22.8. The quantitative estimate of drug-likeness (QED) is 0.191. The van der Waals surface area contributed by atoms with Gasteiger partial charge in [-0.3, -0.25) is 14.5 Å². The molecule has 3 N–H and O–H groups in total. The standard InChI is InChI=1S/C46H78N2O7S/c1-28(2)30-13-19-46(47-22-16-34(29(3)49)48-23-25-56(53,54)26-24-48)21-20-44(9)31(38(30)46)11-12-36-43(8)17-15-37(42(6,7)35(43)14-18-45(36,44)10)55-40(52)33-27-32(39(50)51)41(33,4)5/h28-38,47,49H,11-27H2,1-10H3,(H,50,51)/t29?,30-,31+,32+,33-,34?,35-,36+,37-,38+,43-,44+,45+,46-/m0/s1. The normalized spacial score (nSPS) is 46.3. The number of carboxylic acid groups (broad SMARTS) is 1. The number of aliphatic hydroxyl groups excluding tert-OH is 1. The molecule has 9 nitrogen and oxygen atoms in total. The highest BCUT2D eigenvalue weighted by atomic mass is 32.2.